The van der Waals surface area contributed by atoms with Gasteiger partial charge in [-0.15, -0.1) is 0 Å². The van der Waals surface area contributed by atoms with Crippen LogP contribution in [0.1, 0.15) is 33.3 Å². The lowest BCUT2D eigenvalue weighted by atomic mass is 10.1. The fourth-order valence-electron chi connectivity index (χ4n) is 3.43. The quantitative estimate of drug-likeness (QED) is 0.694. The molecule has 0 aliphatic heterocycles. The Bertz CT molecular complexity index is 965. The average Bonchev–Trinajstić information content (AvgIpc) is 3.17. The highest BCUT2D eigenvalue weighted by atomic mass is 79.9. The minimum absolute atomic E-state index is 0.220. The standard InChI is InChI=1S/C20H18BrN3O2/c1-12-17(11-22-24(12)15-8-6-14(21)7-9-15)20(26)23-18-10-13-4-2-3-5-16(13)19(18)25/h2-9,11,18-19,25H,10H2,1H3,(H,23,26)/t18-,19-/m0/s1. The summed E-state index contributed by atoms with van der Waals surface area (Å²) < 4.78 is 2.72. The van der Waals surface area contributed by atoms with Gasteiger partial charge in [-0.3, -0.25) is 4.79 Å². The molecule has 3 aromatic rings. The normalized spacial score (nSPS) is 18.6. The van der Waals surface area contributed by atoms with Crippen LogP contribution in [0.5, 0.6) is 0 Å². The highest BCUT2D eigenvalue weighted by Gasteiger charge is 2.32. The molecule has 2 N–H and O–H groups in total. The van der Waals surface area contributed by atoms with Crippen LogP contribution in [0.4, 0.5) is 0 Å². The van der Waals surface area contributed by atoms with Crippen molar-refractivity contribution in [3.8, 4) is 5.69 Å². The number of hydrogen-bond donors (Lipinski definition) is 2. The Morgan fingerprint density at radius 3 is 2.69 bits per heavy atom. The Labute approximate surface area is 159 Å². The molecule has 2 aromatic carbocycles. The second-order valence-corrected chi connectivity index (χ2v) is 7.38. The lowest BCUT2D eigenvalue weighted by molar-refractivity contribution is 0.0858. The van der Waals surface area contributed by atoms with E-state index in [9.17, 15) is 9.90 Å². The second-order valence-electron chi connectivity index (χ2n) is 6.46. The Kier molecular flexibility index (Phi) is 4.38. The van der Waals surface area contributed by atoms with Crippen LogP contribution >= 0.6 is 15.9 Å². The molecule has 26 heavy (non-hydrogen) atoms. The van der Waals surface area contributed by atoms with Crippen molar-refractivity contribution in [1.82, 2.24) is 15.1 Å². The van der Waals surface area contributed by atoms with Crippen LogP contribution in [-0.2, 0) is 6.42 Å². The van der Waals surface area contributed by atoms with Crippen LogP contribution < -0.4 is 5.32 Å². The minimum atomic E-state index is -0.683. The summed E-state index contributed by atoms with van der Waals surface area (Å²) in [5.41, 5.74) is 4.12. The summed E-state index contributed by atoms with van der Waals surface area (Å²) in [5.74, 6) is -0.220. The number of hydrogen-bond acceptors (Lipinski definition) is 3. The molecule has 0 fully saturated rings. The topological polar surface area (TPSA) is 67.2 Å². The van der Waals surface area contributed by atoms with Gasteiger partial charge in [0.15, 0.2) is 0 Å². The van der Waals surface area contributed by atoms with E-state index in [0.29, 0.717) is 12.0 Å². The fraction of sp³-hybridized carbons (Fsp3) is 0.200. The zero-order chi connectivity index (χ0) is 18.3. The summed E-state index contributed by atoms with van der Waals surface area (Å²) in [6.45, 7) is 1.86. The number of aliphatic hydroxyl groups excluding tert-OH is 1. The summed E-state index contributed by atoms with van der Waals surface area (Å²) >= 11 is 3.41. The van der Waals surface area contributed by atoms with Crippen LogP contribution in [0.3, 0.4) is 0 Å². The van der Waals surface area contributed by atoms with Gasteiger partial charge < -0.3 is 10.4 Å². The lowest BCUT2D eigenvalue weighted by Crippen LogP contribution is -2.38. The number of nitrogens with zero attached hydrogens (tertiary/aromatic N) is 2. The van der Waals surface area contributed by atoms with Crippen molar-refractivity contribution >= 4 is 21.8 Å². The van der Waals surface area contributed by atoms with E-state index in [4.69, 9.17) is 0 Å². The predicted octanol–water partition coefficient (Wildman–Crippen LogP) is 3.33. The van der Waals surface area contributed by atoms with Gasteiger partial charge in [-0.25, -0.2) is 4.68 Å². The van der Waals surface area contributed by atoms with Crippen LogP contribution in [0.2, 0.25) is 0 Å². The van der Waals surface area contributed by atoms with Gasteiger partial charge in [-0.1, -0.05) is 40.2 Å². The maximum Gasteiger partial charge on any atom is 0.255 e. The van der Waals surface area contributed by atoms with E-state index < -0.39 is 6.10 Å². The number of aliphatic hydroxyl groups is 1. The van der Waals surface area contributed by atoms with E-state index in [1.807, 2.05) is 55.5 Å². The van der Waals surface area contributed by atoms with Gasteiger partial charge in [0.2, 0.25) is 0 Å². The first-order valence-electron chi connectivity index (χ1n) is 8.42. The van der Waals surface area contributed by atoms with Gasteiger partial charge in [0.1, 0.15) is 0 Å². The number of rotatable bonds is 3. The third kappa shape index (κ3) is 2.95. The van der Waals surface area contributed by atoms with Crippen molar-refractivity contribution in [1.29, 1.82) is 0 Å². The van der Waals surface area contributed by atoms with E-state index >= 15 is 0 Å². The molecule has 0 unspecified atom stereocenters. The van der Waals surface area contributed by atoms with E-state index in [0.717, 1.165) is 27.0 Å². The molecule has 0 bridgehead atoms. The third-order valence-electron chi connectivity index (χ3n) is 4.84. The van der Waals surface area contributed by atoms with E-state index in [1.165, 1.54) is 0 Å². The molecule has 6 heteroatoms. The Morgan fingerprint density at radius 1 is 1.23 bits per heavy atom. The Balaban J connectivity index is 1.54. The second kappa shape index (κ2) is 6.70. The number of nitrogens with one attached hydrogen (secondary N) is 1. The van der Waals surface area contributed by atoms with Crippen LogP contribution in [0.15, 0.2) is 59.2 Å². The van der Waals surface area contributed by atoms with Gasteiger partial charge >= 0.3 is 0 Å². The molecule has 132 valence electrons. The van der Waals surface area contributed by atoms with E-state index in [2.05, 4.69) is 26.3 Å². The largest absolute Gasteiger partial charge is 0.386 e. The SMILES string of the molecule is Cc1c(C(=O)N[C@H]2Cc3ccccc3[C@@H]2O)cnn1-c1ccc(Br)cc1. The highest BCUT2D eigenvalue weighted by molar-refractivity contribution is 9.10. The molecule has 1 amide bonds. The number of aromatic nitrogens is 2. The summed E-state index contributed by atoms with van der Waals surface area (Å²) in [6.07, 6.45) is 1.52. The van der Waals surface area contributed by atoms with Crippen LogP contribution in [0.25, 0.3) is 5.69 Å². The van der Waals surface area contributed by atoms with Gasteiger partial charge in [-0.2, -0.15) is 5.10 Å². The van der Waals surface area contributed by atoms with Crippen molar-refractivity contribution < 1.29 is 9.90 Å². The molecule has 0 saturated heterocycles. The van der Waals surface area contributed by atoms with E-state index in [1.54, 1.807) is 10.9 Å². The zero-order valence-corrected chi connectivity index (χ0v) is 15.8. The summed E-state index contributed by atoms with van der Waals surface area (Å²) in [6, 6.07) is 15.2. The predicted molar refractivity (Wildman–Crippen MR) is 102 cm³/mol. The number of fused-ring (bicyclic) bond motifs is 1. The first-order chi connectivity index (χ1) is 12.5. The average molecular weight is 412 g/mol. The number of amides is 1. The zero-order valence-electron chi connectivity index (χ0n) is 14.2. The number of carbonyl (C=O) groups is 1. The molecule has 0 radical (unpaired) electrons. The first-order valence-corrected chi connectivity index (χ1v) is 9.21. The fourth-order valence-corrected chi connectivity index (χ4v) is 3.69. The van der Waals surface area contributed by atoms with Gasteiger partial charge in [0.05, 0.1) is 35.3 Å². The molecule has 1 aliphatic carbocycles. The number of halogens is 1. The van der Waals surface area contributed by atoms with Gasteiger partial charge in [0, 0.05) is 4.47 Å². The number of benzene rings is 2. The molecule has 1 aromatic heterocycles. The molecule has 0 saturated carbocycles. The monoisotopic (exact) mass is 411 g/mol. The Morgan fingerprint density at radius 2 is 1.96 bits per heavy atom. The van der Waals surface area contributed by atoms with Crippen molar-refractivity contribution in [2.24, 2.45) is 0 Å². The van der Waals surface area contributed by atoms with Crippen LogP contribution in [-0.4, -0.2) is 26.8 Å². The first kappa shape index (κ1) is 17.0. The smallest absolute Gasteiger partial charge is 0.255 e. The summed E-state index contributed by atoms with van der Waals surface area (Å²) in [7, 11) is 0. The molecule has 0 spiro atoms. The van der Waals surface area contributed by atoms with Gasteiger partial charge in [0.25, 0.3) is 5.91 Å². The van der Waals surface area contributed by atoms with E-state index in [-0.39, 0.29) is 11.9 Å². The molecular weight excluding hydrogens is 394 g/mol. The molecular formula is C20H18BrN3O2. The van der Waals surface area contributed by atoms with Gasteiger partial charge in [-0.05, 0) is 48.7 Å². The van der Waals surface area contributed by atoms with Crippen molar-refractivity contribution in [2.75, 3.05) is 0 Å². The Hall–Kier alpha value is -2.44. The van der Waals surface area contributed by atoms with Crippen LogP contribution in [0, 0.1) is 6.92 Å². The highest BCUT2D eigenvalue weighted by Crippen LogP contribution is 2.31. The lowest BCUT2D eigenvalue weighted by Gasteiger charge is -2.17. The molecule has 4 rings (SSSR count). The molecule has 2 atom stereocenters. The third-order valence-corrected chi connectivity index (χ3v) is 5.37. The summed E-state index contributed by atoms with van der Waals surface area (Å²) in [4.78, 5) is 12.7. The molecule has 5 nitrogen and oxygen atoms in total. The van der Waals surface area contributed by atoms with Crippen molar-refractivity contribution in [3.05, 3.63) is 81.6 Å². The minimum Gasteiger partial charge on any atom is -0.386 e. The number of carbonyl (C=O) groups excluding carboxylic acids is 1. The molecule has 1 aliphatic rings. The maximum atomic E-state index is 12.7. The molecule has 1 heterocycles. The maximum absolute atomic E-state index is 12.7. The summed E-state index contributed by atoms with van der Waals surface area (Å²) in [5, 5.41) is 17.8. The van der Waals surface area contributed by atoms with Crippen molar-refractivity contribution in [2.45, 2.75) is 25.5 Å². The van der Waals surface area contributed by atoms with Crippen molar-refractivity contribution in [3.63, 3.8) is 0 Å².